The molecule has 0 spiro atoms. The lowest BCUT2D eigenvalue weighted by Gasteiger charge is -2.18. The fraction of sp³-hybridized carbons (Fsp3) is 0.538. The highest BCUT2D eigenvalue weighted by Crippen LogP contribution is 2.23. The van der Waals surface area contributed by atoms with E-state index in [4.69, 9.17) is 10.00 Å². The number of pyridine rings is 1. The predicted molar refractivity (Wildman–Crippen MR) is 67.9 cm³/mol. The molecule has 0 saturated heterocycles. The Kier molecular flexibility index (Phi) is 5.28. The van der Waals surface area contributed by atoms with Crippen LogP contribution in [0.5, 0.6) is 5.88 Å². The predicted octanol–water partition coefficient (Wildman–Crippen LogP) is 2.97. The van der Waals surface area contributed by atoms with Crippen molar-refractivity contribution in [1.82, 2.24) is 4.98 Å². The van der Waals surface area contributed by atoms with Gasteiger partial charge in [0, 0.05) is 12.2 Å². The quantitative estimate of drug-likeness (QED) is 0.820. The first-order chi connectivity index (χ1) is 8.17. The van der Waals surface area contributed by atoms with E-state index in [-0.39, 0.29) is 12.1 Å². The van der Waals surface area contributed by atoms with Crippen LogP contribution in [0.25, 0.3) is 0 Å². The molecule has 0 aliphatic carbocycles. The van der Waals surface area contributed by atoms with Gasteiger partial charge in [-0.2, -0.15) is 5.26 Å². The number of hydrogen-bond donors (Lipinski definition) is 1. The highest BCUT2D eigenvalue weighted by Gasteiger charge is 2.11. The average Bonchev–Trinajstić information content (AvgIpc) is 2.30. The van der Waals surface area contributed by atoms with E-state index in [9.17, 15) is 0 Å². The van der Waals surface area contributed by atoms with Gasteiger partial charge in [0.2, 0.25) is 5.88 Å². The van der Waals surface area contributed by atoms with Crippen LogP contribution >= 0.6 is 0 Å². The summed E-state index contributed by atoms with van der Waals surface area (Å²) in [7, 11) is 0. The van der Waals surface area contributed by atoms with Crippen molar-refractivity contribution in [2.24, 2.45) is 0 Å². The maximum Gasteiger partial charge on any atom is 0.237 e. The zero-order valence-corrected chi connectivity index (χ0v) is 10.6. The van der Waals surface area contributed by atoms with Crippen molar-refractivity contribution in [3.8, 4) is 11.9 Å². The maximum absolute atomic E-state index is 8.72. The van der Waals surface area contributed by atoms with Crippen molar-refractivity contribution in [2.75, 3.05) is 5.32 Å². The second kappa shape index (κ2) is 6.74. The van der Waals surface area contributed by atoms with Crippen LogP contribution in [0, 0.1) is 11.3 Å². The van der Waals surface area contributed by atoms with Gasteiger partial charge in [0.05, 0.1) is 24.3 Å². The number of hydrogen-bond acceptors (Lipinski definition) is 4. The summed E-state index contributed by atoms with van der Waals surface area (Å²) in [6.45, 7) is 5.98. The molecule has 0 radical (unpaired) electrons. The number of anilines is 1. The fourth-order valence-corrected chi connectivity index (χ4v) is 1.45. The van der Waals surface area contributed by atoms with Gasteiger partial charge < -0.3 is 10.1 Å². The molecule has 0 aliphatic heterocycles. The van der Waals surface area contributed by atoms with Crippen molar-refractivity contribution in [3.63, 3.8) is 0 Å². The minimum Gasteiger partial charge on any atom is -0.473 e. The Morgan fingerprint density at radius 2 is 2.29 bits per heavy atom. The van der Waals surface area contributed by atoms with Crippen molar-refractivity contribution in [1.29, 1.82) is 5.26 Å². The van der Waals surface area contributed by atoms with Crippen LogP contribution in [0.15, 0.2) is 18.3 Å². The van der Waals surface area contributed by atoms with Gasteiger partial charge >= 0.3 is 0 Å². The van der Waals surface area contributed by atoms with Crippen LogP contribution in [-0.4, -0.2) is 17.1 Å². The van der Waals surface area contributed by atoms with Crippen molar-refractivity contribution >= 4 is 5.69 Å². The molecule has 0 fully saturated rings. The van der Waals surface area contributed by atoms with Gasteiger partial charge in [-0.1, -0.05) is 6.92 Å². The molecule has 0 aliphatic rings. The SMILES string of the molecule is CCC(CC#N)Nc1cccnc1OC(C)C. The molecular weight excluding hydrogens is 214 g/mol. The molecule has 1 heterocycles. The molecule has 1 unspecified atom stereocenters. The van der Waals surface area contributed by atoms with Gasteiger partial charge in [0.25, 0.3) is 0 Å². The van der Waals surface area contributed by atoms with E-state index >= 15 is 0 Å². The van der Waals surface area contributed by atoms with Gasteiger partial charge in [-0.25, -0.2) is 4.98 Å². The molecule has 4 nitrogen and oxygen atoms in total. The fourth-order valence-electron chi connectivity index (χ4n) is 1.45. The smallest absolute Gasteiger partial charge is 0.237 e. The zero-order chi connectivity index (χ0) is 12.7. The van der Waals surface area contributed by atoms with Crippen LogP contribution in [0.2, 0.25) is 0 Å². The second-order valence-corrected chi connectivity index (χ2v) is 4.13. The van der Waals surface area contributed by atoms with E-state index in [1.807, 2.05) is 32.9 Å². The van der Waals surface area contributed by atoms with Crippen LogP contribution < -0.4 is 10.1 Å². The summed E-state index contributed by atoms with van der Waals surface area (Å²) in [5.74, 6) is 0.596. The van der Waals surface area contributed by atoms with E-state index in [0.717, 1.165) is 12.1 Å². The number of nitrogens with one attached hydrogen (secondary N) is 1. The molecule has 1 atom stereocenters. The highest BCUT2D eigenvalue weighted by atomic mass is 16.5. The number of aromatic nitrogens is 1. The largest absolute Gasteiger partial charge is 0.473 e. The second-order valence-electron chi connectivity index (χ2n) is 4.13. The summed E-state index contributed by atoms with van der Waals surface area (Å²) < 4.78 is 5.61. The Morgan fingerprint density at radius 1 is 1.53 bits per heavy atom. The summed E-state index contributed by atoms with van der Waals surface area (Å²) in [4.78, 5) is 4.20. The van der Waals surface area contributed by atoms with Crippen molar-refractivity contribution in [2.45, 2.75) is 45.8 Å². The molecule has 0 saturated carbocycles. The Morgan fingerprint density at radius 3 is 2.88 bits per heavy atom. The molecule has 4 heteroatoms. The molecule has 0 bridgehead atoms. The molecule has 1 aromatic heterocycles. The van der Waals surface area contributed by atoms with Gasteiger partial charge in [-0.3, -0.25) is 0 Å². The van der Waals surface area contributed by atoms with E-state index < -0.39 is 0 Å². The summed E-state index contributed by atoms with van der Waals surface area (Å²) in [5, 5.41) is 12.0. The third-order valence-corrected chi connectivity index (χ3v) is 2.31. The lowest BCUT2D eigenvalue weighted by Crippen LogP contribution is -2.19. The normalized spacial score (nSPS) is 11.9. The highest BCUT2D eigenvalue weighted by molar-refractivity contribution is 5.52. The zero-order valence-electron chi connectivity index (χ0n) is 10.6. The van der Waals surface area contributed by atoms with Gasteiger partial charge in [-0.05, 0) is 32.4 Å². The Labute approximate surface area is 103 Å². The Hall–Kier alpha value is -1.76. The average molecular weight is 233 g/mol. The van der Waals surface area contributed by atoms with Crippen LogP contribution in [0.3, 0.4) is 0 Å². The van der Waals surface area contributed by atoms with Crippen molar-refractivity contribution < 1.29 is 4.74 Å². The Balaban J connectivity index is 2.78. The molecule has 17 heavy (non-hydrogen) atoms. The first-order valence-corrected chi connectivity index (χ1v) is 5.92. The lowest BCUT2D eigenvalue weighted by atomic mass is 10.1. The first-order valence-electron chi connectivity index (χ1n) is 5.92. The molecule has 1 aromatic rings. The monoisotopic (exact) mass is 233 g/mol. The summed E-state index contributed by atoms with van der Waals surface area (Å²) >= 11 is 0. The Bertz CT molecular complexity index is 384. The van der Waals surface area contributed by atoms with Crippen molar-refractivity contribution in [3.05, 3.63) is 18.3 Å². The van der Waals surface area contributed by atoms with E-state index in [1.165, 1.54) is 0 Å². The molecule has 92 valence electrons. The van der Waals surface area contributed by atoms with Gasteiger partial charge in [0.1, 0.15) is 0 Å². The topological polar surface area (TPSA) is 57.9 Å². The van der Waals surface area contributed by atoms with E-state index in [0.29, 0.717) is 12.3 Å². The number of rotatable bonds is 6. The molecule has 0 amide bonds. The van der Waals surface area contributed by atoms with E-state index in [1.54, 1.807) is 6.20 Å². The maximum atomic E-state index is 8.72. The van der Waals surface area contributed by atoms with Crippen LogP contribution in [0.4, 0.5) is 5.69 Å². The number of nitrogens with zero attached hydrogens (tertiary/aromatic N) is 2. The molecular formula is C13H19N3O. The summed E-state index contributed by atoms with van der Waals surface area (Å²) in [6, 6.07) is 6.09. The molecule has 1 rings (SSSR count). The molecule has 0 aromatic carbocycles. The minimum absolute atomic E-state index is 0.0847. The first kappa shape index (κ1) is 13.3. The van der Waals surface area contributed by atoms with Gasteiger partial charge in [0.15, 0.2) is 0 Å². The number of nitriles is 1. The van der Waals surface area contributed by atoms with E-state index in [2.05, 4.69) is 16.4 Å². The van der Waals surface area contributed by atoms with Gasteiger partial charge in [-0.15, -0.1) is 0 Å². The molecule has 1 N–H and O–H groups in total. The third kappa shape index (κ3) is 4.31. The lowest BCUT2D eigenvalue weighted by molar-refractivity contribution is 0.234. The van der Waals surface area contributed by atoms with Crippen LogP contribution in [-0.2, 0) is 0 Å². The summed E-state index contributed by atoms with van der Waals surface area (Å²) in [6.07, 6.45) is 3.16. The van der Waals surface area contributed by atoms with Crippen LogP contribution in [0.1, 0.15) is 33.6 Å². The number of ether oxygens (including phenoxy) is 1. The minimum atomic E-state index is 0.0847. The summed E-state index contributed by atoms with van der Waals surface area (Å²) in [5.41, 5.74) is 0.850. The third-order valence-electron chi connectivity index (χ3n) is 2.31. The standard InChI is InChI=1S/C13H19N3O/c1-4-11(7-8-14)16-12-6-5-9-15-13(12)17-10(2)3/h5-6,9-11,16H,4,7H2,1-3H3.